The zero-order valence-corrected chi connectivity index (χ0v) is 17.9. The van der Waals surface area contributed by atoms with Crippen LogP contribution in [0.15, 0.2) is 48.5 Å². The van der Waals surface area contributed by atoms with Crippen molar-refractivity contribution in [3.63, 3.8) is 0 Å². The Kier molecular flexibility index (Phi) is 5.90. The Morgan fingerprint density at radius 1 is 1.10 bits per heavy atom. The minimum Gasteiger partial charge on any atom is -0.327 e. The van der Waals surface area contributed by atoms with Gasteiger partial charge in [-0.2, -0.15) is 0 Å². The highest BCUT2D eigenvalue weighted by Gasteiger charge is 2.35. The van der Waals surface area contributed by atoms with E-state index in [1.54, 1.807) is 4.90 Å². The monoisotopic (exact) mass is 420 g/mol. The number of likely N-dealkylation sites (tertiary alicyclic amines) is 1. The Morgan fingerprint density at radius 2 is 1.83 bits per heavy atom. The highest BCUT2D eigenvalue weighted by Crippen LogP contribution is 2.28. The molecule has 0 bridgehead atoms. The lowest BCUT2D eigenvalue weighted by Gasteiger charge is -2.23. The highest BCUT2D eigenvalue weighted by molar-refractivity contribution is 7.18. The predicted octanol–water partition coefficient (Wildman–Crippen LogP) is 4.32. The summed E-state index contributed by atoms with van der Waals surface area (Å²) in [6.45, 7) is 4.69. The number of amides is 2. The van der Waals surface area contributed by atoms with Crippen LogP contribution < -0.4 is 5.32 Å². The van der Waals surface area contributed by atoms with E-state index in [1.807, 2.05) is 55.5 Å². The number of rotatable bonds is 5. The van der Waals surface area contributed by atoms with Crippen LogP contribution in [-0.4, -0.2) is 39.5 Å². The molecule has 7 heteroatoms. The number of nitrogens with zero attached hydrogens (tertiary/aromatic N) is 3. The highest BCUT2D eigenvalue weighted by atomic mass is 32.1. The molecule has 1 aliphatic rings. The molecule has 2 amide bonds. The van der Waals surface area contributed by atoms with Crippen molar-refractivity contribution in [2.75, 3.05) is 11.9 Å². The number of carbonyl (C=O) groups excluding carboxylic acids is 2. The second-order valence-corrected chi connectivity index (χ2v) is 8.45. The molecule has 1 fully saturated rings. The van der Waals surface area contributed by atoms with Gasteiger partial charge in [0.2, 0.25) is 11.0 Å². The van der Waals surface area contributed by atoms with E-state index in [0.29, 0.717) is 23.7 Å². The molecule has 30 heavy (non-hydrogen) atoms. The summed E-state index contributed by atoms with van der Waals surface area (Å²) in [5.74, 6) is -0.314. The van der Waals surface area contributed by atoms with E-state index in [4.69, 9.17) is 0 Å². The largest absolute Gasteiger partial charge is 0.327 e. The van der Waals surface area contributed by atoms with Crippen LogP contribution in [0.3, 0.4) is 0 Å². The minimum absolute atomic E-state index is 0.104. The van der Waals surface area contributed by atoms with E-state index in [0.717, 1.165) is 23.4 Å². The zero-order chi connectivity index (χ0) is 21.1. The number of aryl methyl sites for hydroxylation is 2. The van der Waals surface area contributed by atoms with Gasteiger partial charge >= 0.3 is 0 Å². The van der Waals surface area contributed by atoms with Crippen molar-refractivity contribution in [1.82, 2.24) is 15.1 Å². The van der Waals surface area contributed by atoms with E-state index in [9.17, 15) is 9.59 Å². The normalized spacial score (nSPS) is 15.9. The average Bonchev–Trinajstić information content (AvgIpc) is 3.44. The molecule has 1 saturated heterocycles. The fourth-order valence-electron chi connectivity index (χ4n) is 3.61. The summed E-state index contributed by atoms with van der Waals surface area (Å²) in [5.41, 5.74) is 3.94. The Balaban J connectivity index is 1.44. The van der Waals surface area contributed by atoms with Crippen LogP contribution in [-0.2, 0) is 11.2 Å². The molecule has 1 N–H and O–H groups in total. The molecule has 1 atom stereocenters. The van der Waals surface area contributed by atoms with E-state index >= 15 is 0 Å². The molecule has 154 valence electrons. The van der Waals surface area contributed by atoms with Gasteiger partial charge in [0, 0.05) is 17.7 Å². The number of hydrogen-bond donors (Lipinski definition) is 1. The van der Waals surface area contributed by atoms with Crippen molar-refractivity contribution in [3.05, 3.63) is 65.2 Å². The molecule has 2 aromatic carbocycles. The summed E-state index contributed by atoms with van der Waals surface area (Å²) in [6, 6.07) is 15.1. The van der Waals surface area contributed by atoms with Crippen LogP contribution in [0.25, 0.3) is 10.6 Å². The van der Waals surface area contributed by atoms with E-state index in [1.165, 1.54) is 22.5 Å². The summed E-state index contributed by atoms with van der Waals surface area (Å²) in [7, 11) is 0. The first-order chi connectivity index (χ1) is 14.5. The Hall–Kier alpha value is -3.06. The van der Waals surface area contributed by atoms with Gasteiger partial charge in [0.25, 0.3) is 5.91 Å². The van der Waals surface area contributed by atoms with Crippen molar-refractivity contribution in [2.45, 2.75) is 39.2 Å². The third kappa shape index (κ3) is 4.26. The number of hydrogen-bond acceptors (Lipinski definition) is 5. The van der Waals surface area contributed by atoms with Crippen LogP contribution in [0, 0.1) is 6.92 Å². The lowest BCUT2D eigenvalue weighted by Crippen LogP contribution is -2.43. The van der Waals surface area contributed by atoms with Gasteiger partial charge < -0.3 is 4.90 Å². The maximum atomic E-state index is 13.0. The van der Waals surface area contributed by atoms with Crippen molar-refractivity contribution < 1.29 is 9.59 Å². The first-order valence-electron chi connectivity index (χ1n) is 10.2. The second kappa shape index (κ2) is 8.75. The summed E-state index contributed by atoms with van der Waals surface area (Å²) >= 11 is 1.33. The minimum atomic E-state index is -0.491. The second-order valence-electron chi connectivity index (χ2n) is 7.47. The molecule has 3 aromatic rings. The molecular formula is C23H24N4O2S. The Bertz CT molecular complexity index is 1040. The quantitative estimate of drug-likeness (QED) is 0.667. The smallest absolute Gasteiger partial charge is 0.254 e. The third-order valence-corrected chi connectivity index (χ3v) is 6.27. The number of nitrogens with one attached hydrogen (secondary N) is 1. The zero-order valence-electron chi connectivity index (χ0n) is 17.1. The van der Waals surface area contributed by atoms with Gasteiger partial charge in [-0.3, -0.25) is 14.9 Å². The Labute approximate surface area is 180 Å². The molecular weight excluding hydrogens is 396 g/mol. The molecule has 0 aliphatic carbocycles. The van der Waals surface area contributed by atoms with Gasteiger partial charge in [-0.1, -0.05) is 60.2 Å². The fraction of sp³-hybridized carbons (Fsp3) is 0.304. The van der Waals surface area contributed by atoms with Gasteiger partial charge in [0.15, 0.2) is 0 Å². The topological polar surface area (TPSA) is 75.2 Å². The molecule has 1 aromatic heterocycles. The molecule has 0 saturated carbocycles. The lowest BCUT2D eigenvalue weighted by atomic mass is 10.1. The van der Waals surface area contributed by atoms with Crippen molar-refractivity contribution in [2.24, 2.45) is 0 Å². The molecule has 1 aliphatic heterocycles. The first-order valence-corrected chi connectivity index (χ1v) is 11.0. The first kappa shape index (κ1) is 20.2. The Morgan fingerprint density at radius 3 is 2.53 bits per heavy atom. The number of carbonyl (C=O) groups is 2. The van der Waals surface area contributed by atoms with E-state index < -0.39 is 6.04 Å². The van der Waals surface area contributed by atoms with Crippen LogP contribution in [0.2, 0.25) is 0 Å². The van der Waals surface area contributed by atoms with Crippen molar-refractivity contribution in [1.29, 1.82) is 0 Å². The summed E-state index contributed by atoms with van der Waals surface area (Å²) in [6.07, 6.45) is 2.38. The maximum Gasteiger partial charge on any atom is 0.254 e. The van der Waals surface area contributed by atoms with Gasteiger partial charge in [-0.15, -0.1) is 10.2 Å². The van der Waals surface area contributed by atoms with Crippen LogP contribution in [0.4, 0.5) is 5.13 Å². The molecule has 6 nitrogen and oxygen atoms in total. The molecule has 0 unspecified atom stereocenters. The van der Waals surface area contributed by atoms with Crippen LogP contribution >= 0.6 is 11.3 Å². The molecule has 2 heterocycles. The summed E-state index contributed by atoms with van der Waals surface area (Å²) in [4.78, 5) is 27.5. The predicted molar refractivity (Wildman–Crippen MR) is 119 cm³/mol. The molecule has 0 spiro atoms. The van der Waals surface area contributed by atoms with Crippen LogP contribution in [0.5, 0.6) is 0 Å². The van der Waals surface area contributed by atoms with Gasteiger partial charge in [0.1, 0.15) is 11.0 Å². The van der Waals surface area contributed by atoms with Gasteiger partial charge in [0.05, 0.1) is 0 Å². The number of aromatic nitrogens is 2. The van der Waals surface area contributed by atoms with Gasteiger partial charge in [-0.25, -0.2) is 0 Å². The summed E-state index contributed by atoms with van der Waals surface area (Å²) in [5, 5.41) is 12.3. The SMILES string of the molecule is CCc1ccc(C(=O)N2CCC[C@@H]2C(=O)Nc2nnc(-c3ccc(C)cc3)s2)cc1. The van der Waals surface area contributed by atoms with E-state index in [2.05, 4.69) is 22.4 Å². The molecule has 4 rings (SSSR count). The molecule has 0 radical (unpaired) electrons. The maximum absolute atomic E-state index is 13.0. The summed E-state index contributed by atoms with van der Waals surface area (Å²) < 4.78 is 0. The number of benzene rings is 2. The standard InChI is InChI=1S/C23H24N4O2S/c1-3-16-8-12-18(13-9-16)22(29)27-14-4-5-19(27)20(28)24-23-26-25-21(30-23)17-10-6-15(2)7-11-17/h6-13,19H,3-5,14H2,1-2H3,(H,24,26,28)/t19-/m1/s1. The number of anilines is 1. The lowest BCUT2D eigenvalue weighted by molar-refractivity contribution is -0.119. The van der Waals surface area contributed by atoms with Crippen molar-refractivity contribution >= 4 is 28.3 Å². The average molecular weight is 421 g/mol. The fourth-order valence-corrected chi connectivity index (χ4v) is 4.36. The van der Waals surface area contributed by atoms with Crippen LogP contribution in [0.1, 0.15) is 41.3 Å². The van der Waals surface area contributed by atoms with Gasteiger partial charge in [-0.05, 0) is 43.9 Å². The van der Waals surface area contributed by atoms with Crippen molar-refractivity contribution in [3.8, 4) is 10.6 Å². The van der Waals surface area contributed by atoms with E-state index in [-0.39, 0.29) is 11.8 Å². The third-order valence-electron chi connectivity index (χ3n) is 5.38.